The molecule has 7 heteroatoms. The average molecular weight is 342 g/mol. The van der Waals surface area contributed by atoms with E-state index < -0.39 is 4.92 Å². The number of carbonyl (C=O) groups is 1. The molecule has 0 atom stereocenters. The standard InChI is InChI=1S/C18H22N4O3/c1-2-20-18(23)15-8-9-16(17(12-15)22(24)25)21(11-10-19)13-14-6-4-3-5-7-14/h3-9,12H,2,10-11,13,19H2,1H3,(H,20,23). The summed E-state index contributed by atoms with van der Waals surface area (Å²) in [7, 11) is 0. The highest BCUT2D eigenvalue weighted by Crippen LogP contribution is 2.30. The van der Waals surface area contributed by atoms with E-state index in [1.165, 1.54) is 6.07 Å². The lowest BCUT2D eigenvalue weighted by Crippen LogP contribution is -2.30. The zero-order valence-electron chi connectivity index (χ0n) is 14.1. The number of nitrogens with zero attached hydrogens (tertiary/aromatic N) is 2. The van der Waals surface area contributed by atoms with Crippen LogP contribution in [0.3, 0.4) is 0 Å². The monoisotopic (exact) mass is 342 g/mol. The molecule has 0 aromatic heterocycles. The van der Waals surface area contributed by atoms with E-state index in [2.05, 4.69) is 5.32 Å². The molecule has 0 aliphatic rings. The molecule has 0 fully saturated rings. The summed E-state index contributed by atoms with van der Waals surface area (Å²) in [6, 6.07) is 14.2. The summed E-state index contributed by atoms with van der Waals surface area (Å²) in [4.78, 5) is 24.9. The molecule has 0 radical (unpaired) electrons. The number of amides is 1. The smallest absolute Gasteiger partial charge is 0.293 e. The van der Waals surface area contributed by atoms with E-state index in [-0.39, 0.29) is 17.2 Å². The van der Waals surface area contributed by atoms with E-state index in [1.807, 2.05) is 35.2 Å². The molecule has 0 saturated carbocycles. The highest BCUT2D eigenvalue weighted by Gasteiger charge is 2.21. The Morgan fingerprint density at radius 2 is 1.96 bits per heavy atom. The molecule has 0 saturated heterocycles. The predicted molar refractivity (Wildman–Crippen MR) is 97.7 cm³/mol. The summed E-state index contributed by atoms with van der Waals surface area (Å²) in [5.74, 6) is -0.328. The SMILES string of the molecule is CCNC(=O)c1ccc(N(CCN)Cc2ccccc2)c([N+](=O)[O-])c1. The number of nitro groups is 1. The molecule has 1 amide bonds. The molecule has 0 bridgehead atoms. The van der Waals surface area contributed by atoms with Crippen molar-refractivity contribution in [2.24, 2.45) is 5.73 Å². The van der Waals surface area contributed by atoms with Crippen LogP contribution in [0.2, 0.25) is 0 Å². The van der Waals surface area contributed by atoms with Crippen molar-refractivity contribution >= 4 is 17.3 Å². The molecular weight excluding hydrogens is 320 g/mol. The average Bonchev–Trinajstić information content (AvgIpc) is 2.62. The third-order valence-corrected chi connectivity index (χ3v) is 3.73. The minimum Gasteiger partial charge on any atom is -0.360 e. The van der Waals surface area contributed by atoms with E-state index in [1.54, 1.807) is 19.1 Å². The molecule has 2 aromatic carbocycles. The molecule has 7 nitrogen and oxygen atoms in total. The fourth-order valence-corrected chi connectivity index (χ4v) is 2.59. The largest absolute Gasteiger partial charge is 0.360 e. The lowest BCUT2D eigenvalue weighted by Gasteiger charge is -2.24. The van der Waals surface area contributed by atoms with E-state index in [4.69, 9.17) is 5.73 Å². The third kappa shape index (κ3) is 4.77. The van der Waals surface area contributed by atoms with Crippen molar-refractivity contribution in [1.82, 2.24) is 5.32 Å². The van der Waals surface area contributed by atoms with Gasteiger partial charge in [-0.2, -0.15) is 0 Å². The fourth-order valence-electron chi connectivity index (χ4n) is 2.59. The Hall–Kier alpha value is -2.93. The van der Waals surface area contributed by atoms with Gasteiger partial charge in [0.2, 0.25) is 0 Å². The molecule has 2 rings (SSSR count). The molecule has 2 aromatic rings. The van der Waals surface area contributed by atoms with Gasteiger partial charge in [0.05, 0.1) is 4.92 Å². The molecule has 0 spiro atoms. The summed E-state index contributed by atoms with van der Waals surface area (Å²) in [6.45, 7) is 3.59. The second-order valence-corrected chi connectivity index (χ2v) is 5.52. The van der Waals surface area contributed by atoms with Gasteiger partial charge in [0.1, 0.15) is 5.69 Å². The number of nitro benzene ring substituents is 1. The van der Waals surface area contributed by atoms with Crippen LogP contribution in [-0.2, 0) is 6.54 Å². The Morgan fingerprint density at radius 1 is 1.24 bits per heavy atom. The maximum Gasteiger partial charge on any atom is 0.293 e. The van der Waals surface area contributed by atoms with Crippen molar-refractivity contribution < 1.29 is 9.72 Å². The molecular formula is C18H22N4O3. The summed E-state index contributed by atoms with van der Waals surface area (Å²) in [6.07, 6.45) is 0. The number of benzene rings is 2. The fraction of sp³-hybridized carbons (Fsp3) is 0.278. The van der Waals surface area contributed by atoms with Gasteiger partial charge in [-0.25, -0.2) is 0 Å². The van der Waals surface area contributed by atoms with Crippen LogP contribution in [-0.4, -0.2) is 30.5 Å². The van der Waals surface area contributed by atoms with Crippen LogP contribution >= 0.6 is 0 Å². The van der Waals surface area contributed by atoms with E-state index in [0.29, 0.717) is 31.9 Å². The first-order valence-corrected chi connectivity index (χ1v) is 8.12. The Morgan fingerprint density at radius 3 is 2.56 bits per heavy atom. The number of nitrogens with two attached hydrogens (primary N) is 1. The van der Waals surface area contributed by atoms with Crippen molar-refractivity contribution in [2.75, 3.05) is 24.5 Å². The zero-order chi connectivity index (χ0) is 18.2. The summed E-state index contributed by atoms with van der Waals surface area (Å²) < 4.78 is 0. The number of hydrogen-bond donors (Lipinski definition) is 2. The summed E-state index contributed by atoms with van der Waals surface area (Å²) in [5, 5.41) is 14.2. The first kappa shape index (κ1) is 18.4. The van der Waals surface area contributed by atoms with Crippen LogP contribution < -0.4 is 16.0 Å². The topological polar surface area (TPSA) is 102 Å². The number of rotatable bonds is 8. The Kier molecular flexibility index (Phi) is 6.47. The van der Waals surface area contributed by atoms with Gasteiger partial charge in [0.15, 0.2) is 0 Å². The number of carbonyl (C=O) groups excluding carboxylic acids is 1. The molecule has 25 heavy (non-hydrogen) atoms. The molecule has 132 valence electrons. The van der Waals surface area contributed by atoms with Crippen molar-refractivity contribution in [3.05, 3.63) is 69.8 Å². The second-order valence-electron chi connectivity index (χ2n) is 5.52. The van der Waals surface area contributed by atoms with E-state index in [9.17, 15) is 14.9 Å². The van der Waals surface area contributed by atoms with Gasteiger partial charge in [0, 0.05) is 37.8 Å². The number of nitrogens with one attached hydrogen (secondary N) is 1. The van der Waals surface area contributed by atoms with Crippen LogP contribution in [0.4, 0.5) is 11.4 Å². The molecule has 3 N–H and O–H groups in total. The molecule has 0 heterocycles. The van der Waals surface area contributed by atoms with Gasteiger partial charge in [-0.05, 0) is 24.6 Å². The van der Waals surface area contributed by atoms with Crippen LogP contribution in [0.1, 0.15) is 22.8 Å². The Balaban J connectivity index is 2.38. The zero-order valence-corrected chi connectivity index (χ0v) is 14.1. The van der Waals surface area contributed by atoms with Gasteiger partial charge < -0.3 is 16.0 Å². The van der Waals surface area contributed by atoms with Crippen molar-refractivity contribution in [3.8, 4) is 0 Å². The second kappa shape index (κ2) is 8.79. The van der Waals surface area contributed by atoms with Crippen molar-refractivity contribution in [2.45, 2.75) is 13.5 Å². The highest BCUT2D eigenvalue weighted by molar-refractivity contribution is 5.95. The maximum absolute atomic E-state index is 12.0. The van der Waals surface area contributed by atoms with Crippen molar-refractivity contribution in [1.29, 1.82) is 0 Å². The minimum atomic E-state index is -0.466. The van der Waals surface area contributed by atoms with Crippen LogP contribution in [0, 0.1) is 10.1 Å². The van der Waals surface area contributed by atoms with Gasteiger partial charge in [-0.1, -0.05) is 30.3 Å². The lowest BCUT2D eigenvalue weighted by atomic mass is 10.1. The minimum absolute atomic E-state index is 0.104. The maximum atomic E-state index is 12.0. The Labute approximate surface area is 146 Å². The normalized spacial score (nSPS) is 10.3. The van der Waals surface area contributed by atoms with Gasteiger partial charge in [-0.15, -0.1) is 0 Å². The van der Waals surface area contributed by atoms with Gasteiger partial charge in [0.25, 0.3) is 11.6 Å². The Bertz CT molecular complexity index is 734. The van der Waals surface area contributed by atoms with Crippen LogP contribution in [0.25, 0.3) is 0 Å². The molecule has 0 aliphatic heterocycles. The quantitative estimate of drug-likeness (QED) is 0.566. The number of hydrogen-bond acceptors (Lipinski definition) is 5. The van der Waals surface area contributed by atoms with E-state index in [0.717, 1.165) is 5.56 Å². The summed E-state index contributed by atoms with van der Waals surface area (Å²) in [5.41, 5.74) is 7.33. The third-order valence-electron chi connectivity index (χ3n) is 3.73. The molecule has 0 unspecified atom stereocenters. The lowest BCUT2D eigenvalue weighted by molar-refractivity contribution is -0.384. The van der Waals surface area contributed by atoms with Gasteiger partial charge in [-0.3, -0.25) is 14.9 Å². The first-order chi connectivity index (χ1) is 12.1. The number of anilines is 1. The predicted octanol–water partition coefficient (Wildman–Crippen LogP) is 2.31. The molecule has 0 aliphatic carbocycles. The van der Waals surface area contributed by atoms with Gasteiger partial charge >= 0.3 is 0 Å². The highest BCUT2D eigenvalue weighted by atomic mass is 16.6. The van der Waals surface area contributed by atoms with Crippen LogP contribution in [0.5, 0.6) is 0 Å². The van der Waals surface area contributed by atoms with E-state index >= 15 is 0 Å². The van der Waals surface area contributed by atoms with Crippen molar-refractivity contribution in [3.63, 3.8) is 0 Å². The first-order valence-electron chi connectivity index (χ1n) is 8.12. The summed E-state index contributed by atoms with van der Waals surface area (Å²) >= 11 is 0. The van der Waals surface area contributed by atoms with Crippen LogP contribution in [0.15, 0.2) is 48.5 Å².